The summed E-state index contributed by atoms with van der Waals surface area (Å²) in [6.45, 7) is 0. The molecule has 7 heteroatoms. The SMILES string of the molecule is Nc1nc2cnc(-c3cncs3)cn2n1. The Bertz CT molecular complexity index is 599. The normalized spacial score (nSPS) is 10.9. The highest BCUT2D eigenvalue weighted by molar-refractivity contribution is 7.13. The maximum atomic E-state index is 5.48. The van der Waals surface area contributed by atoms with E-state index in [1.54, 1.807) is 28.6 Å². The molecule has 3 aromatic rings. The highest BCUT2D eigenvalue weighted by atomic mass is 32.1. The molecule has 0 radical (unpaired) electrons. The maximum Gasteiger partial charge on any atom is 0.240 e. The van der Waals surface area contributed by atoms with Gasteiger partial charge in [0.15, 0.2) is 5.65 Å². The summed E-state index contributed by atoms with van der Waals surface area (Å²) in [5, 5.41) is 4.01. The van der Waals surface area contributed by atoms with Crippen molar-refractivity contribution >= 4 is 22.9 Å². The molecule has 0 aromatic carbocycles. The van der Waals surface area contributed by atoms with Gasteiger partial charge in [-0.15, -0.1) is 16.4 Å². The number of hydrogen-bond acceptors (Lipinski definition) is 6. The topological polar surface area (TPSA) is 82.0 Å². The Morgan fingerprint density at radius 1 is 1.33 bits per heavy atom. The highest BCUT2D eigenvalue weighted by Gasteiger charge is 2.05. The third kappa shape index (κ3) is 1.33. The van der Waals surface area contributed by atoms with Gasteiger partial charge < -0.3 is 5.73 Å². The van der Waals surface area contributed by atoms with Gasteiger partial charge in [0.2, 0.25) is 5.95 Å². The van der Waals surface area contributed by atoms with Crippen LogP contribution in [0.2, 0.25) is 0 Å². The van der Waals surface area contributed by atoms with Crippen LogP contribution in [-0.2, 0) is 0 Å². The van der Waals surface area contributed by atoms with Crippen molar-refractivity contribution in [2.75, 3.05) is 5.73 Å². The molecule has 3 heterocycles. The summed E-state index contributed by atoms with van der Waals surface area (Å²) in [4.78, 5) is 13.2. The summed E-state index contributed by atoms with van der Waals surface area (Å²) in [6, 6.07) is 0. The molecule has 0 saturated heterocycles. The second-order valence-corrected chi connectivity index (χ2v) is 3.80. The van der Waals surface area contributed by atoms with Crippen LogP contribution < -0.4 is 5.73 Å². The minimum absolute atomic E-state index is 0.248. The third-order valence-corrected chi connectivity index (χ3v) is 2.72. The Hall–Kier alpha value is -2.02. The molecule has 0 fully saturated rings. The molecule has 0 amide bonds. The number of nitrogen functional groups attached to an aromatic ring is 1. The van der Waals surface area contributed by atoms with Crippen molar-refractivity contribution < 1.29 is 0 Å². The summed E-state index contributed by atoms with van der Waals surface area (Å²) in [5.74, 6) is 0.248. The van der Waals surface area contributed by atoms with E-state index in [1.165, 1.54) is 11.3 Å². The van der Waals surface area contributed by atoms with E-state index in [2.05, 4.69) is 20.1 Å². The molecule has 3 aromatic heterocycles. The fourth-order valence-electron chi connectivity index (χ4n) is 1.28. The Balaban J connectivity index is 2.21. The van der Waals surface area contributed by atoms with Crippen LogP contribution in [0.4, 0.5) is 5.95 Å². The van der Waals surface area contributed by atoms with Crippen molar-refractivity contribution in [2.45, 2.75) is 0 Å². The van der Waals surface area contributed by atoms with Crippen LogP contribution in [0.1, 0.15) is 0 Å². The van der Waals surface area contributed by atoms with Crippen molar-refractivity contribution in [3.8, 4) is 10.6 Å². The molecule has 0 aliphatic carbocycles. The smallest absolute Gasteiger partial charge is 0.240 e. The van der Waals surface area contributed by atoms with Crippen LogP contribution in [0.25, 0.3) is 16.2 Å². The zero-order chi connectivity index (χ0) is 10.3. The molecule has 6 nitrogen and oxygen atoms in total. The average molecular weight is 218 g/mol. The van der Waals surface area contributed by atoms with E-state index in [4.69, 9.17) is 5.73 Å². The number of anilines is 1. The van der Waals surface area contributed by atoms with Gasteiger partial charge in [-0.2, -0.15) is 4.98 Å². The molecular weight excluding hydrogens is 212 g/mol. The molecule has 0 aliphatic rings. The van der Waals surface area contributed by atoms with Gasteiger partial charge in [0.1, 0.15) is 5.69 Å². The molecule has 0 spiro atoms. The van der Waals surface area contributed by atoms with E-state index >= 15 is 0 Å². The van der Waals surface area contributed by atoms with Crippen molar-refractivity contribution in [2.24, 2.45) is 0 Å². The number of rotatable bonds is 1. The van der Waals surface area contributed by atoms with E-state index in [9.17, 15) is 0 Å². The van der Waals surface area contributed by atoms with Gasteiger partial charge in [0, 0.05) is 6.20 Å². The lowest BCUT2D eigenvalue weighted by Crippen LogP contribution is -1.91. The van der Waals surface area contributed by atoms with Gasteiger partial charge in [0.25, 0.3) is 0 Å². The molecule has 0 saturated carbocycles. The number of hydrogen-bond donors (Lipinski definition) is 1. The Morgan fingerprint density at radius 3 is 3.07 bits per heavy atom. The van der Waals surface area contributed by atoms with Crippen molar-refractivity contribution in [1.82, 2.24) is 24.6 Å². The first-order chi connectivity index (χ1) is 7.33. The number of fused-ring (bicyclic) bond motifs is 1. The number of nitrogens with zero attached hydrogens (tertiary/aromatic N) is 5. The molecule has 0 aliphatic heterocycles. The molecule has 0 unspecified atom stereocenters. The molecule has 15 heavy (non-hydrogen) atoms. The lowest BCUT2D eigenvalue weighted by atomic mass is 10.4. The first-order valence-corrected chi connectivity index (χ1v) is 5.08. The van der Waals surface area contributed by atoms with Crippen molar-refractivity contribution in [3.05, 3.63) is 24.1 Å². The van der Waals surface area contributed by atoms with Crippen LogP contribution >= 0.6 is 11.3 Å². The molecular formula is C8H6N6S. The monoisotopic (exact) mass is 218 g/mol. The summed E-state index contributed by atoms with van der Waals surface area (Å²) in [6.07, 6.45) is 5.18. The fourth-order valence-corrected chi connectivity index (χ4v) is 1.86. The standard InChI is InChI=1S/C8H6N6S/c9-8-12-7-2-11-5(3-14(7)13-8)6-1-10-4-15-6/h1-4H,(H2,9,13). The molecule has 2 N–H and O–H groups in total. The minimum atomic E-state index is 0.248. The second kappa shape index (κ2) is 2.99. The summed E-state index contributed by atoms with van der Waals surface area (Å²) < 4.78 is 1.61. The second-order valence-electron chi connectivity index (χ2n) is 2.91. The zero-order valence-electron chi connectivity index (χ0n) is 7.53. The molecule has 74 valence electrons. The van der Waals surface area contributed by atoms with Gasteiger partial charge in [-0.3, -0.25) is 4.98 Å². The summed E-state index contributed by atoms with van der Waals surface area (Å²) >= 11 is 1.52. The van der Waals surface area contributed by atoms with Crippen molar-refractivity contribution in [1.29, 1.82) is 0 Å². The highest BCUT2D eigenvalue weighted by Crippen LogP contribution is 2.20. The molecule has 0 atom stereocenters. The third-order valence-electron chi connectivity index (χ3n) is 1.92. The van der Waals surface area contributed by atoms with Crippen LogP contribution in [0, 0.1) is 0 Å². The van der Waals surface area contributed by atoms with E-state index in [0.717, 1.165) is 10.6 Å². The largest absolute Gasteiger partial charge is 0.366 e. The van der Waals surface area contributed by atoms with Gasteiger partial charge in [-0.25, -0.2) is 9.50 Å². The Morgan fingerprint density at radius 2 is 2.27 bits per heavy atom. The van der Waals surface area contributed by atoms with Crippen molar-refractivity contribution in [3.63, 3.8) is 0 Å². The van der Waals surface area contributed by atoms with Gasteiger partial charge >= 0.3 is 0 Å². The first kappa shape index (κ1) is 8.30. The van der Waals surface area contributed by atoms with Crippen LogP contribution in [0.3, 0.4) is 0 Å². The molecule has 3 rings (SSSR count). The van der Waals surface area contributed by atoms with Gasteiger partial charge in [0.05, 0.1) is 22.8 Å². The quantitative estimate of drug-likeness (QED) is 0.654. The fraction of sp³-hybridized carbons (Fsp3) is 0. The van der Waals surface area contributed by atoms with E-state index in [-0.39, 0.29) is 5.95 Å². The lowest BCUT2D eigenvalue weighted by molar-refractivity contribution is 0.955. The summed E-state index contributed by atoms with van der Waals surface area (Å²) in [5.41, 5.74) is 8.69. The number of aromatic nitrogens is 5. The lowest BCUT2D eigenvalue weighted by Gasteiger charge is -1.95. The zero-order valence-corrected chi connectivity index (χ0v) is 8.35. The number of nitrogens with two attached hydrogens (primary N) is 1. The predicted molar refractivity (Wildman–Crippen MR) is 56.3 cm³/mol. The average Bonchev–Trinajstić information content (AvgIpc) is 2.82. The first-order valence-electron chi connectivity index (χ1n) is 4.20. The van der Waals surface area contributed by atoms with E-state index < -0.39 is 0 Å². The number of thiazole rings is 1. The van der Waals surface area contributed by atoms with Crippen LogP contribution in [0.5, 0.6) is 0 Å². The van der Waals surface area contributed by atoms with E-state index in [1.807, 2.05) is 0 Å². The van der Waals surface area contributed by atoms with E-state index in [0.29, 0.717) is 5.65 Å². The Kier molecular flexibility index (Phi) is 1.65. The van der Waals surface area contributed by atoms with Crippen LogP contribution in [-0.4, -0.2) is 24.6 Å². The minimum Gasteiger partial charge on any atom is -0.366 e. The summed E-state index contributed by atoms with van der Waals surface area (Å²) in [7, 11) is 0. The molecule has 0 bridgehead atoms. The Labute approximate surface area is 88.4 Å². The predicted octanol–water partition coefficient (Wildman–Crippen LogP) is 0.830. The van der Waals surface area contributed by atoms with Gasteiger partial charge in [-0.1, -0.05) is 0 Å². The van der Waals surface area contributed by atoms with Gasteiger partial charge in [-0.05, 0) is 0 Å². The maximum absolute atomic E-state index is 5.48. The van der Waals surface area contributed by atoms with Crippen LogP contribution in [0.15, 0.2) is 24.1 Å².